The first-order valence-corrected chi connectivity index (χ1v) is 7.37. The Balaban J connectivity index is 1.91. The molecule has 0 radical (unpaired) electrons. The van der Waals surface area contributed by atoms with Crippen LogP contribution in [0.5, 0.6) is 0 Å². The minimum atomic E-state index is -0.474. The van der Waals surface area contributed by atoms with Gasteiger partial charge < -0.3 is 5.32 Å². The van der Waals surface area contributed by atoms with Crippen LogP contribution in [0.15, 0.2) is 58.7 Å². The summed E-state index contributed by atoms with van der Waals surface area (Å²) < 4.78 is 0. The largest absolute Gasteiger partial charge is 0.300 e. The van der Waals surface area contributed by atoms with Crippen LogP contribution in [0.3, 0.4) is 0 Å². The minimum Gasteiger partial charge on any atom is -0.300 e. The molecule has 0 aliphatic carbocycles. The first-order chi connectivity index (χ1) is 11.1. The molecule has 1 aliphatic heterocycles. The van der Waals surface area contributed by atoms with Crippen LogP contribution in [0.1, 0.15) is 5.56 Å². The first kappa shape index (κ1) is 14.9. The number of hydrogen-bond donors (Lipinski definition) is 1. The highest BCUT2D eigenvalue weighted by molar-refractivity contribution is 8.18. The lowest BCUT2D eigenvalue weighted by molar-refractivity contribution is -0.384. The molecule has 1 N–H and O–H groups in total. The Morgan fingerprint density at radius 1 is 1.26 bits per heavy atom. The molecule has 1 saturated heterocycles. The number of nitro benzene ring substituents is 1. The standard InChI is InChI=1S/C15H10N4O3S/c20-15-18-14(13(23-15)8-10-2-1-7-16-9-10)17-11-3-5-12(6-4-11)19(21)22/h1-9H,(H,17,18,20)/b13-8-. The number of aliphatic imine (C=N–C) groups is 1. The number of amidine groups is 1. The van der Waals surface area contributed by atoms with Crippen LogP contribution in [0, 0.1) is 10.1 Å². The van der Waals surface area contributed by atoms with Gasteiger partial charge in [-0.3, -0.25) is 19.9 Å². The SMILES string of the molecule is O=C1NC(=Nc2ccc([N+](=O)[O-])cc2)/C(=C/c2cccnc2)S1. The molecular weight excluding hydrogens is 316 g/mol. The second kappa shape index (κ2) is 6.41. The fourth-order valence-electron chi connectivity index (χ4n) is 1.90. The van der Waals surface area contributed by atoms with Crippen LogP contribution in [0.25, 0.3) is 6.08 Å². The van der Waals surface area contributed by atoms with E-state index in [-0.39, 0.29) is 10.9 Å². The molecule has 1 aliphatic rings. The van der Waals surface area contributed by atoms with Crippen molar-refractivity contribution in [3.63, 3.8) is 0 Å². The van der Waals surface area contributed by atoms with Gasteiger partial charge in [0, 0.05) is 24.5 Å². The smallest absolute Gasteiger partial charge is 0.289 e. The summed E-state index contributed by atoms with van der Waals surface area (Å²) in [6.45, 7) is 0. The van der Waals surface area contributed by atoms with E-state index < -0.39 is 4.92 Å². The number of nitro groups is 1. The summed E-state index contributed by atoms with van der Waals surface area (Å²) in [4.78, 5) is 30.8. The number of carbonyl (C=O) groups is 1. The molecule has 7 nitrogen and oxygen atoms in total. The number of thioether (sulfide) groups is 1. The summed E-state index contributed by atoms with van der Waals surface area (Å²) in [5, 5.41) is 13.1. The number of nitrogens with zero attached hydrogens (tertiary/aromatic N) is 3. The van der Waals surface area contributed by atoms with Gasteiger partial charge in [0.15, 0.2) is 0 Å². The number of amides is 1. The van der Waals surface area contributed by atoms with E-state index in [2.05, 4.69) is 15.3 Å². The number of benzene rings is 1. The lowest BCUT2D eigenvalue weighted by Gasteiger charge is -2.00. The number of nitrogens with one attached hydrogen (secondary N) is 1. The van der Waals surface area contributed by atoms with E-state index in [1.165, 1.54) is 24.3 Å². The van der Waals surface area contributed by atoms with Crippen LogP contribution in [0.4, 0.5) is 16.2 Å². The van der Waals surface area contributed by atoms with Crippen molar-refractivity contribution in [2.24, 2.45) is 4.99 Å². The first-order valence-electron chi connectivity index (χ1n) is 6.56. The number of aromatic nitrogens is 1. The monoisotopic (exact) mass is 326 g/mol. The normalized spacial score (nSPS) is 17.5. The van der Waals surface area contributed by atoms with Crippen molar-refractivity contribution < 1.29 is 9.72 Å². The van der Waals surface area contributed by atoms with Crippen LogP contribution < -0.4 is 5.32 Å². The zero-order valence-corrected chi connectivity index (χ0v) is 12.5. The summed E-state index contributed by atoms with van der Waals surface area (Å²) in [6, 6.07) is 9.47. The topological polar surface area (TPSA) is 97.5 Å². The van der Waals surface area contributed by atoms with Gasteiger partial charge in [0.1, 0.15) is 5.84 Å². The lowest BCUT2D eigenvalue weighted by atomic mass is 10.2. The van der Waals surface area contributed by atoms with Crippen molar-refractivity contribution in [1.29, 1.82) is 0 Å². The van der Waals surface area contributed by atoms with Gasteiger partial charge >= 0.3 is 0 Å². The predicted molar refractivity (Wildman–Crippen MR) is 88.5 cm³/mol. The summed E-state index contributed by atoms with van der Waals surface area (Å²) in [5.41, 5.74) is 1.36. The number of pyridine rings is 1. The van der Waals surface area contributed by atoms with E-state index in [1.807, 2.05) is 6.07 Å². The number of rotatable bonds is 3. The van der Waals surface area contributed by atoms with Gasteiger partial charge in [0.25, 0.3) is 10.9 Å². The van der Waals surface area contributed by atoms with Crippen LogP contribution in [-0.2, 0) is 0 Å². The van der Waals surface area contributed by atoms with Crippen molar-refractivity contribution in [2.45, 2.75) is 0 Å². The molecule has 0 unspecified atom stereocenters. The van der Waals surface area contributed by atoms with Gasteiger partial charge in [-0.15, -0.1) is 0 Å². The molecule has 8 heteroatoms. The van der Waals surface area contributed by atoms with E-state index in [0.29, 0.717) is 16.4 Å². The molecular formula is C15H10N4O3S. The summed E-state index contributed by atoms with van der Waals surface area (Å²) in [6.07, 6.45) is 5.15. The third-order valence-electron chi connectivity index (χ3n) is 2.94. The van der Waals surface area contributed by atoms with Crippen LogP contribution >= 0.6 is 11.8 Å². The quantitative estimate of drug-likeness (QED) is 0.687. The summed E-state index contributed by atoms with van der Waals surface area (Å²) in [7, 11) is 0. The molecule has 3 rings (SSSR count). The minimum absolute atomic E-state index is 0.00934. The number of hydrogen-bond acceptors (Lipinski definition) is 6. The summed E-state index contributed by atoms with van der Waals surface area (Å²) in [5.74, 6) is 0.415. The Hall–Kier alpha value is -3.00. The molecule has 0 spiro atoms. The van der Waals surface area contributed by atoms with Gasteiger partial charge in [0.2, 0.25) is 0 Å². The molecule has 1 aromatic carbocycles. The third-order valence-corrected chi connectivity index (χ3v) is 3.76. The fourth-order valence-corrected chi connectivity index (χ4v) is 2.64. The zero-order valence-electron chi connectivity index (χ0n) is 11.7. The van der Waals surface area contributed by atoms with E-state index in [1.54, 1.807) is 24.5 Å². The molecule has 0 saturated carbocycles. The molecule has 0 atom stereocenters. The number of carbonyl (C=O) groups excluding carboxylic acids is 1. The Morgan fingerprint density at radius 2 is 2.04 bits per heavy atom. The Kier molecular flexibility index (Phi) is 4.15. The highest BCUT2D eigenvalue weighted by Gasteiger charge is 2.23. The van der Waals surface area contributed by atoms with Crippen molar-refractivity contribution in [1.82, 2.24) is 10.3 Å². The van der Waals surface area contributed by atoms with Crippen LogP contribution in [0.2, 0.25) is 0 Å². The molecule has 1 aromatic heterocycles. The molecule has 1 amide bonds. The van der Waals surface area contributed by atoms with Gasteiger partial charge in [-0.25, -0.2) is 4.99 Å². The number of non-ortho nitro benzene ring substituents is 1. The zero-order chi connectivity index (χ0) is 16.2. The molecule has 114 valence electrons. The van der Waals surface area contributed by atoms with E-state index in [9.17, 15) is 14.9 Å². The molecule has 1 fully saturated rings. The van der Waals surface area contributed by atoms with Gasteiger partial charge in [-0.1, -0.05) is 6.07 Å². The maximum Gasteiger partial charge on any atom is 0.289 e. The van der Waals surface area contributed by atoms with Crippen LogP contribution in [-0.4, -0.2) is 21.0 Å². The van der Waals surface area contributed by atoms with Gasteiger partial charge in [-0.2, -0.15) is 0 Å². The second-order valence-corrected chi connectivity index (χ2v) is 5.56. The van der Waals surface area contributed by atoms with Gasteiger partial charge in [0.05, 0.1) is 15.5 Å². The Morgan fingerprint density at radius 3 is 2.70 bits per heavy atom. The second-order valence-electron chi connectivity index (χ2n) is 4.54. The van der Waals surface area contributed by atoms with Crippen molar-refractivity contribution in [2.75, 3.05) is 0 Å². The molecule has 23 heavy (non-hydrogen) atoms. The van der Waals surface area contributed by atoms with E-state index >= 15 is 0 Å². The fraction of sp³-hybridized carbons (Fsp3) is 0. The highest BCUT2D eigenvalue weighted by atomic mass is 32.2. The van der Waals surface area contributed by atoms with E-state index in [4.69, 9.17) is 0 Å². The Labute approximate surface area is 135 Å². The molecule has 2 heterocycles. The predicted octanol–water partition coefficient (Wildman–Crippen LogP) is 3.52. The third kappa shape index (κ3) is 3.61. The van der Waals surface area contributed by atoms with Crippen molar-refractivity contribution in [3.8, 4) is 0 Å². The van der Waals surface area contributed by atoms with Gasteiger partial charge in [-0.05, 0) is 41.6 Å². The maximum absolute atomic E-state index is 11.6. The van der Waals surface area contributed by atoms with Crippen molar-refractivity contribution >= 4 is 40.3 Å². The average Bonchev–Trinajstić information content (AvgIpc) is 2.88. The molecule has 0 bridgehead atoms. The maximum atomic E-state index is 11.6. The highest BCUT2D eigenvalue weighted by Crippen LogP contribution is 2.28. The Bertz CT molecular complexity index is 816. The average molecular weight is 326 g/mol. The summed E-state index contributed by atoms with van der Waals surface area (Å²) >= 11 is 1.04. The lowest BCUT2D eigenvalue weighted by Crippen LogP contribution is -2.18. The van der Waals surface area contributed by atoms with Crippen molar-refractivity contribution in [3.05, 3.63) is 69.4 Å². The molecule has 2 aromatic rings. The van der Waals surface area contributed by atoms with E-state index in [0.717, 1.165) is 17.3 Å².